The van der Waals surface area contributed by atoms with E-state index < -0.39 is 0 Å². The van der Waals surface area contributed by atoms with E-state index in [2.05, 4.69) is 10.6 Å². The highest BCUT2D eigenvalue weighted by molar-refractivity contribution is 5.85. The molecule has 3 rings (SSSR count). The molecule has 1 fully saturated rings. The van der Waals surface area contributed by atoms with Crippen molar-refractivity contribution in [1.82, 2.24) is 10.6 Å². The molecule has 2 aromatic carbocycles. The molecule has 6 heteroatoms. The van der Waals surface area contributed by atoms with Crippen LogP contribution >= 0.6 is 12.4 Å². The van der Waals surface area contributed by atoms with Gasteiger partial charge in [-0.1, -0.05) is 24.3 Å². The first-order valence-electron chi connectivity index (χ1n) is 9.02. The van der Waals surface area contributed by atoms with Crippen LogP contribution in [0.4, 0.5) is 4.39 Å². The average Bonchev–Trinajstić information content (AvgIpc) is 3.47. The maximum absolute atomic E-state index is 13.2. The minimum atomic E-state index is -0.261. The van der Waals surface area contributed by atoms with E-state index >= 15 is 0 Å². The lowest BCUT2D eigenvalue weighted by molar-refractivity contribution is -0.121. The largest absolute Gasteiger partial charge is 0.497 e. The molecule has 0 aromatic heterocycles. The van der Waals surface area contributed by atoms with Crippen molar-refractivity contribution in [3.63, 3.8) is 0 Å². The predicted molar refractivity (Wildman–Crippen MR) is 107 cm³/mol. The second-order valence-corrected chi connectivity index (χ2v) is 6.80. The van der Waals surface area contributed by atoms with E-state index in [0.717, 1.165) is 29.3 Å². The Morgan fingerprint density at radius 2 is 1.81 bits per heavy atom. The maximum Gasteiger partial charge on any atom is 0.234 e. The summed E-state index contributed by atoms with van der Waals surface area (Å²) in [5.41, 5.74) is 1.96. The molecule has 1 aliphatic carbocycles. The summed E-state index contributed by atoms with van der Waals surface area (Å²) in [6.07, 6.45) is 3.11. The zero-order valence-corrected chi connectivity index (χ0v) is 16.2. The van der Waals surface area contributed by atoms with Crippen LogP contribution in [0.5, 0.6) is 5.75 Å². The number of rotatable bonds is 9. The van der Waals surface area contributed by atoms with Gasteiger partial charge in [0.1, 0.15) is 11.6 Å². The smallest absolute Gasteiger partial charge is 0.234 e. The van der Waals surface area contributed by atoms with Crippen molar-refractivity contribution < 1.29 is 13.9 Å². The summed E-state index contributed by atoms with van der Waals surface area (Å²) in [6.45, 7) is 1.21. The fourth-order valence-electron chi connectivity index (χ4n) is 2.90. The van der Waals surface area contributed by atoms with Gasteiger partial charge in [0.05, 0.1) is 19.7 Å². The summed E-state index contributed by atoms with van der Waals surface area (Å²) in [5, 5.41) is 6.30. The SMILES string of the molecule is COc1ccc(C(Cc2ccc(F)cc2)NC(=O)CNCC2CC2)cc1.Cl. The van der Waals surface area contributed by atoms with Gasteiger partial charge in [0, 0.05) is 0 Å². The number of nitrogens with one attached hydrogen (secondary N) is 2. The quantitative estimate of drug-likeness (QED) is 0.684. The van der Waals surface area contributed by atoms with Crippen molar-refractivity contribution in [3.8, 4) is 5.75 Å². The molecule has 146 valence electrons. The molecule has 0 radical (unpaired) electrons. The van der Waals surface area contributed by atoms with E-state index in [1.807, 2.05) is 24.3 Å². The predicted octanol–water partition coefficient (Wildman–Crippen LogP) is 3.66. The molecule has 1 aliphatic rings. The number of carbonyl (C=O) groups excluding carboxylic acids is 1. The summed E-state index contributed by atoms with van der Waals surface area (Å²) >= 11 is 0. The van der Waals surface area contributed by atoms with Gasteiger partial charge in [0.25, 0.3) is 0 Å². The van der Waals surface area contributed by atoms with Crippen LogP contribution in [0.2, 0.25) is 0 Å². The van der Waals surface area contributed by atoms with Crippen LogP contribution < -0.4 is 15.4 Å². The third-order valence-corrected chi connectivity index (χ3v) is 4.62. The Labute approximate surface area is 165 Å². The van der Waals surface area contributed by atoms with Gasteiger partial charge in [-0.25, -0.2) is 4.39 Å². The number of hydrogen-bond acceptors (Lipinski definition) is 3. The monoisotopic (exact) mass is 392 g/mol. The van der Waals surface area contributed by atoms with Crippen LogP contribution in [0.25, 0.3) is 0 Å². The van der Waals surface area contributed by atoms with Gasteiger partial charge in [-0.15, -0.1) is 12.4 Å². The van der Waals surface area contributed by atoms with Crippen molar-refractivity contribution in [1.29, 1.82) is 0 Å². The van der Waals surface area contributed by atoms with Crippen LogP contribution in [-0.4, -0.2) is 26.1 Å². The second kappa shape index (κ2) is 10.3. The molecular weight excluding hydrogens is 367 g/mol. The number of hydrogen-bond donors (Lipinski definition) is 2. The number of benzene rings is 2. The zero-order chi connectivity index (χ0) is 18.4. The summed E-state index contributed by atoms with van der Waals surface area (Å²) in [6, 6.07) is 13.9. The van der Waals surface area contributed by atoms with Crippen molar-refractivity contribution in [2.45, 2.75) is 25.3 Å². The van der Waals surface area contributed by atoms with Gasteiger partial charge in [0.15, 0.2) is 0 Å². The minimum Gasteiger partial charge on any atom is -0.497 e. The summed E-state index contributed by atoms with van der Waals surface area (Å²) < 4.78 is 18.4. The number of halogens is 2. The van der Waals surface area contributed by atoms with Gasteiger partial charge < -0.3 is 15.4 Å². The van der Waals surface area contributed by atoms with Crippen LogP contribution in [0, 0.1) is 11.7 Å². The number of carbonyl (C=O) groups is 1. The lowest BCUT2D eigenvalue weighted by Gasteiger charge is -2.20. The van der Waals surface area contributed by atoms with Gasteiger partial charge in [-0.3, -0.25) is 4.79 Å². The Kier molecular flexibility index (Phi) is 8.07. The molecule has 1 atom stereocenters. The molecule has 4 nitrogen and oxygen atoms in total. The lowest BCUT2D eigenvalue weighted by Crippen LogP contribution is -2.37. The van der Waals surface area contributed by atoms with E-state index in [1.54, 1.807) is 19.2 Å². The first-order chi connectivity index (χ1) is 12.6. The fourth-order valence-corrected chi connectivity index (χ4v) is 2.90. The molecule has 1 amide bonds. The molecule has 0 bridgehead atoms. The molecule has 0 saturated heterocycles. The van der Waals surface area contributed by atoms with Gasteiger partial charge >= 0.3 is 0 Å². The molecule has 0 heterocycles. The summed E-state index contributed by atoms with van der Waals surface area (Å²) in [5.74, 6) is 1.21. The van der Waals surface area contributed by atoms with Crippen LogP contribution in [-0.2, 0) is 11.2 Å². The van der Waals surface area contributed by atoms with Crippen molar-refractivity contribution >= 4 is 18.3 Å². The van der Waals surface area contributed by atoms with Crippen molar-refractivity contribution in [2.24, 2.45) is 5.92 Å². The van der Waals surface area contributed by atoms with Crippen molar-refractivity contribution in [2.75, 3.05) is 20.2 Å². The number of methoxy groups -OCH3 is 1. The molecular formula is C21H26ClFN2O2. The van der Waals surface area contributed by atoms with E-state index in [4.69, 9.17) is 4.74 Å². The topological polar surface area (TPSA) is 50.4 Å². The molecule has 1 saturated carbocycles. The molecule has 27 heavy (non-hydrogen) atoms. The molecule has 2 N–H and O–H groups in total. The van der Waals surface area contributed by atoms with Gasteiger partial charge in [-0.2, -0.15) is 0 Å². The Morgan fingerprint density at radius 3 is 2.41 bits per heavy atom. The Balaban J connectivity index is 0.00000261. The molecule has 1 unspecified atom stereocenters. The first-order valence-corrected chi connectivity index (χ1v) is 9.02. The highest BCUT2D eigenvalue weighted by Gasteiger charge is 2.21. The number of ether oxygens (including phenoxy) is 1. The maximum atomic E-state index is 13.2. The average molecular weight is 393 g/mol. The van der Waals surface area contributed by atoms with Gasteiger partial charge in [-0.05, 0) is 67.1 Å². The Bertz CT molecular complexity index is 718. The number of amides is 1. The Hall–Kier alpha value is -2.11. The van der Waals surface area contributed by atoms with E-state index in [0.29, 0.717) is 13.0 Å². The minimum absolute atomic E-state index is 0. The van der Waals surface area contributed by atoms with Crippen LogP contribution in [0.3, 0.4) is 0 Å². The second-order valence-electron chi connectivity index (χ2n) is 6.80. The lowest BCUT2D eigenvalue weighted by atomic mass is 9.98. The van der Waals surface area contributed by atoms with E-state index in [-0.39, 0.29) is 30.2 Å². The molecule has 0 spiro atoms. The molecule has 2 aromatic rings. The third kappa shape index (κ3) is 6.85. The normalized spacial score (nSPS) is 14.1. The third-order valence-electron chi connectivity index (χ3n) is 4.62. The summed E-state index contributed by atoms with van der Waals surface area (Å²) in [7, 11) is 1.62. The van der Waals surface area contributed by atoms with Gasteiger partial charge in [0.2, 0.25) is 5.91 Å². The first kappa shape index (κ1) is 21.2. The van der Waals surface area contributed by atoms with Crippen LogP contribution in [0.1, 0.15) is 30.0 Å². The highest BCUT2D eigenvalue weighted by Crippen LogP contribution is 2.27. The highest BCUT2D eigenvalue weighted by atomic mass is 35.5. The standard InChI is InChI=1S/C21H25FN2O2.ClH/c1-26-19-10-6-17(7-11-19)20(12-15-4-8-18(22)9-5-15)24-21(25)14-23-13-16-2-3-16;/h4-11,16,20,23H,2-3,12-14H2,1H3,(H,24,25);1H. The fraction of sp³-hybridized carbons (Fsp3) is 0.381. The van der Waals surface area contributed by atoms with E-state index in [1.165, 1.54) is 25.0 Å². The van der Waals surface area contributed by atoms with Crippen LogP contribution in [0.15, 0.2) is 48.5 Å². The van der Waals surface area contributed by atoms with E-state index in [9.17, 15) is 9.18 Å². The molecule has 0 aliphatic heterocycles. The zero-order valence-electron chi connectivity index (χ0n) is 15.4. The Morgan fingerprint density at radius 1 is 1.15 bits per heavy atom. The van der Waals surface area contributed by atoms with Crippen molar-refractivity contribution in [3.05, 3.63) is 65.5 Å². The summed E-state index contributed by atoms with van der Waals surface area (Å²) in [4.78, 5) is 12.3.